The van der Waals surface area contributed by atoms with Crippen molar-refractivity contribution in [1.29, 1.82) is 0 Å². The number of ether oxygens (including phenoxy) is 1. The normalized spacial score (nSPS) is 19.9. The minimum absolute atomic E-state index is 1.56. The highest BCUT2D eigenvalue weighted by Gasteiger charge is 2.84. The molecule has 0 aromatic rings. The maximum Gasteiger partial charge on any atom is 0.459 e. The lowest BCUT2D eigenvalue weighted by Crippen LogP contribution is -2.68. The van der Waals surface area contributed by atoms with E-state index in [1.54, 1.807) is 4.74 Å². The van der Waals surface area contributed by atoms with Gasteiger partial charge in [0.2, 0.25) is 0 Å². The molecule has 152 valence electrons. The molecule has 2 atom stereocenters. The lowest BCUT2D eigenvalue weighted by atomic mass is 10.1. The van der Waals surface area contributed by atoms with Crippen LogP contribution in [0.1, 0.15) is 0 Å². The van der Waals surface area contributed by atoms with E-state index in [1.165, 1.54) is 0 Å². The van der Waals surface area contributed by atoms with Crippen LogP contribution in [-0.2, 0) is 4.74 Å². The van der Waals surface area contributed by atoms with Crippen molar-refractivity contribution in [3.8, 4) is 0 Å². The summed E-state index contributed by atoms with van der Waals surface area (Å²) in [6.07, 6.45) is -26.9. The number of halogens is 16. The lowest BCUT2D eigenvalue weighted by Gasteiger charge is -2.40. The molecule has 0 spiro atoms. The highest BCUT2D eigenvalue weighted by atomic mass is 19.4. The van der Waals surface area contributed by atoms with Crippen molar-refractivity contribution in [2.45, 2.75) is 48.8 Å². The van der Waals surface area contributed by atoms with Gasteiger partial charge < -0.3 is 0 Å². The smallest absolute Gasteiger partial charge is 0.289 e. The Bertz CT molecular complexity index is 422. The molecule has 17 heteroatoms. The molecule has 0 aromatic carbocycles. The second-order valence-electron chi connectivity index (χ2n) is 4.14. The Balaban J connectivity index is 6.47. The first kappa shape index (κ1) is 23.8. The summed E-state index contributed by atoms with van der Waals surface area (Å²) in [4.78, 5) is 0. The van der Waals surface area contributed by atoms with Crippen molar-refractivity contribution >= 4 is 0 Å². The fourth-order valence-corrected chi connectivity index (χ4v) is 1.09. The minimum Gasteiger partial charge on any atom is -0.289 e. The summed E-state index contributed by atoms with van der Waals surface area (Å²) >= 11 is 0. The summed E-state index contributed by atoms with van der Waals surface area (Å²) in [6, 6.07) is 0. The molecule has 25 heavy (non-hydrogen) atoms. The molecular weight excluding hydrogens is 416 g/mol. The van der Waals surface area contributed by atoms with Gasteiger partial charge in [0.25, 0.3) is 0 Å². The van der Waals surface area contributed by atoms with Crippen LogP contribution in [-0.4, -0.2) is 48.8 Å². The molecule has 0 aliphatic carbocycles. The molecule has 0 heterocycles. The van der Waals surface area contributed by atoms with E-state index in [0.29, 0.717) is 0 Å². The molecule has 0 amide bonds. The van der Waals surface area contributed by atoms with Crippen molar-refractivity contribution in [3.05, 3.63) is 0 Å². The van der Waals surface area contributed by atoms with Gasteiger partial charge in [-0.1, -0.05) is 0 Å². The molecule has 0 bridgehead atoms. The summed E-state index contributed by atoms with van der Waals surface area (Å²) < 4.78 is 199. The third kappa shape index (κ3) is 3.55. The molecule has 0 radical (unpaired) electrons. The number of rotatable bonds is 6. The van der Waals surface area contributed by atoms with Gasteiger partial charge in [0.1, 0.15) is 0 Å². The monoisotopic (exact) mass is 418 g/mol. The van der Waals surface area contributed by atoms with E-state index in [2.05, 4.69) is 0 Å². The van der Waals surface area contributed by atoms with E-state index in [9.17, 15) is 70.2 Å². The van der Waals surface area contributed by atoms with E-state index in [1.807, 2.05) is 0 Å². The Morgan fingerprint density at radius 1 is 0.440 bits per heavy atom. The van der Waals surface area contributed by atoms with Crippen LogP contribution in [0.15, 0.2) is 0 Å². The third-order valence-electron chi connectivity index (χ3n) is 2.43. The standard InChI is InChI=1S/C8H2F16O/c9-1(10)3(13,5(15,16)7(19,20)21)25-4(14,2(11)12)6(17,18)8(22,23)24/h1-2H. The molecule has 0 saturated heterocycles. The number of alkyl halides is 16. The second-order valence-corrected chi connectivity index (χ2v) is 4.14. The molecule has 0 fully saturated rings. The maximum absolute atomic E-state index is 13.2. The fourth-order valence-electron chi connectivity index (χ4n) is 1.09. The van der Waals surface area contributed by atoms with Crippen molar-refractivity contribution in [1.82, 2.24) is 0 Å². The van der Waals surface area contributed by atoms with Gasteiger partial charge in [0.05, 0.1) is 0 Å². The molecule has 0 aromatic heterocycles. The first-order valence-corrected chi connectivity index (χ1v) is 5.13. The van der Waals surface area contributed by atoms with Crippen LogP contribution < -0.4 is 0 Å². The Hall–Kier alpha value is -1.16. The molecule has 0 aliphatic rings. The van der Waals surface area contributed by atoms with Gasteiger partial charge in [-0.25, -0.2) is 17.6 Å². The highest BCUT2D eigenvalue weighted by molar-refractivity contribution is 5.01. The Morgan fingerprint density at radius 2 is 0.640 bits per heavy atom. The van der Waals surface area contributed by atoms with Crippen LogP contribution in [0.3, 0.4) is 0 Å². The first-order valence-electron chi connectivity index (χ1n) is 5.13. The van der Waals surface area contributed by atoms with E-state index < -0.39 is 48.8 Å². The van der Waals surface area contributed by atoms with Gasteiger partial charge in [-0.15, -0.1) is 0 Å². The van der Waals surface area contributed by atoms with Gasteiger partial charge in [0, 0.05) is 0 Å². The Labute approximate surface area is 125 Å². The van der Waals surface area contributed by atoms with Gasteiger partial charge >= 0.3 is 48.8 Å². The quantitative estimate of drug-likeness (QED) is 0.535. The SMILES string of the molecule is FC(F)C(F)(OC(F)(C(F)F)C(F)(F)C(F)(F)F)C(F)(F)C(F)(F)F. The number of hydrogen-bond acceptors (Lipinski definition) is 1. The first-order chi connectivity index (χ1) is 10.6. The van der Waals surface area contributed by atoms with E-state index in [0.717, 1.165) is 0 Å². The predicted molar refractivity (Wildman–Crippen MR) is 42.8 cm³/mol. The summed E-state index contributed by atoms with van der Waals surface area (Å²) in [6.45, 7) is 0. The average Bonchev–Trinajstić information content (AvgIpc) is 2.34. The lowest BCUT2D eigenvalue weighted by molar-refractivity contribution is -0.488. The van der Waals surface area contributed by atoms with Gasteiger partial charge in [-0.05, 0) is 0 Å². The van der Waals surface area contributed by atoms with Crippen LogP contribution in [0.2, 0.25) is 0 Å². The van der Waals surface area contributed by atoms with E-state index >= 15 is 0 Å². The Kier molecular flexibility index (Phi) is 5.93. The largest absolute Gasteiger partial charge is 0.459 e. The van der Waals surface area contributed by atoms with Crippen LogP contribution in [0.4, 0.5) is 70.2 Å². The molecule has 0 N–H and O–H groups in total. The third-order valence-corrected chi connectivity index (χ3v) is 2.43. The maximum atomic E-state index is 13.2. The summed E-state index contributed by atoms with van der Waals surface area (Å²) in [7, 11) is 0. The topological polar surface area (TPSA) is 9.23 Å². The van der Waals surface area contributed by atoms with Crippen LogP contribution in [0, 0.1) is 0 Å². The van der Waals surface area contributed by atoms with Gasteiger partial charge in [-0.3, -0.25) is 4.74 Å². The van der Waals surface area contributed by atoms with Gasteiger partial charge in [0.15, 0.2) is 0 Å². The summed E-state index contributed by atoms with van der Waals surface area (Å²) in [5, 5.41) is 0. The Morgan fingerprint density at radius 3 is 0.760 bits per heavy atom. The van der Waals surface area contributed by atoms with Crippen molar-refractivity contribution in [2.24, 2.45) is 0 Å². The molecule has 0 rings (SSSR count). The van der Waals surface area contributed by atoms with Crippen molar-refractivity contribution < 1.29 is 75.0 Å². The minimum atomic E-state index is -7.66. The molecule has 0 saturated carbocycles. The highest BCUT2D eigenvalue weighted by Crippen LogP contribution is 2.56. The fraction of sp³-hybridized carbons (Fsp3) is 1.00. The van der Waals surface area contributed by atoms with Gasteiger partial charge in [-0.2, -0.15) is 52.7 Å². The summed E-state index contributed by atoms with van der Waals surface area (Å²) in [5.74, 6) is -30.0. The summed E-state index contributed by atoms with van der Waals surface area (Å²) in [5.41, 5.74) is 0. The van der Waals surface area contributed by atoms with Crippen molar-refractivity contribution in [3.63, 3.8) is 0 Å². The molecule has 1 nitrogen and oxygen atoms in total. The second kappa shape index (κ2) is 6.22. The van der Waals surface area contributed by atoms with Crippen LogP contribution in [0.25, 0.3) is 0 Å². The molecule has 2 unspecified atom stereocenters. The van der Waals surface area contributed by atoms with E-state index in [-0.39, 0.29) is 0 Å². The van der Waals surface area contributed by atoms with E-state index in [4.69, 9.17) is 0 Å². The zero-order valence-electron chi connectivity index (χ0n) is 10.6. The van der Waals surface area contributed by atoms with Crippen LogP contribution >= 0.6 is 0 Å². The molecular formula is C8H2F16O. The molecule has 0 aliphatic heterocycles. The van der Waals surface area contributed by atoms with Crippen LogP contribution in [0.5, 0.6) is 0 Å². The zero-order valence-corrected chi connectivity index (χ0v) is 10.6. The number of hydrogen-bond donors (Lipinski definition) is 0. The zero-order chi connectivity index (χ0) is 20.9. The average molecular weight is 418 g/mol. The van der Waals surface area contributed by atoms with Crippen molar-refractivity contribution in [2.75, 3.05) is 0 Å². The predicted octanol–water partition coefficient (Wildman–Crippen LogP) is 5.26.